The number of benzene rings is 1. The van der Waals surface area contributed by atoms with Gasteiger partial charge in [-0.25, -0.2) is 4.98 Å². The Morgan fingerprint density at radius 2 is 2.21 bits per heavy atom. The van der Waals surface area contributed by atoms with Crippen LogP contribution in [0.25, 0.3) is 11.0 Å². The monoisotopic (exact) mass is 392 g/mol. The predicted octanol–water partition coefficient (Wildman–Crippen LogP) is 1.76. The van der Waals surface area contributed by atoms with Crippen molar-refractivity contribution in [2.75, 3.05) is 0 Å². The molecule has 0 spiro atoms. The molecule has 0 fully saturated rings. The number of nitrogens with one attached hydrogen (secondary N) is 1. The zero-order chi connectivity index (χ0) is 9.42. The van der Waals surface area contributed by atoms with Gasteiger partial charge in [0.25, 0.3) is 5.69 Å². The zero-order valence-corrected chi connectivity index (χ0v) is 9.75. The SMILES string of the molecule is O=[N+]([O-])c1ccc2[nH]c(S)nc2c1.[Au]. The summed E-state index contributed by atoms with van der Waals surface area (Å²) in [5.41, 5.74) is 1.34. The van der Waals surface area contributed by atoms with E-state index in [9.17, 15) is 10.1 Å². The van der Waals surface area contributed by atoms with Gasteiger partial charge >= 0.3 is 0 Å². The minimum Gasteiger partial charge on any atom is -0.333 e. The van der Waals surface area contributed by atoms with E-state index in [-0.39, 0.29) is 28.1 Å². The molecular weight excluding hydrogens is 387 g/mol. The average molecular weight is 392 g/mol. The van der Waals surface area contributed by atoms with Crippen LogP contribution in [0.1, 0.15) is 0 Å². The summed E-state index contributed by atoms with van der Waals surface area (Å²) < 4.78 is 0. The molecule has 0 amide bonds. The molecule has 7 heteroatoms. The van der Waals surface area contributed by atoms with E-state index in [1.54, 1.807) is 6.07 Å². The molecule has 5 nitrogen and oxygen atoms in total. The van der Waals surface area contributed by atoms with Crippen molar-refractivity contribution in [1.29, 1.82) is 0 Å². The molecule has 0 atom stereocenters. The largest absolute Gasteiger partial charge is 0.333 e. The molecule has 1 aromatic carbocycles. The Morgan fingerprint density at radius 1 is 1.50 bits per heavy atom. The fourth-order valence-corrected chi connectivity index (χ4v) is 1.32. The van der Waals surface area contributed by atoms with E-state index in [4.69, 9.17) is 0 Å². The van der Waals surface area contributed by atoms with Gasteiger partial charge in [0.2, 0.25) is 0 Å². The maximum absolute atomic E-state index is 10.4. The third-order valence-electron chi connectivity index (χ3n) is 1.66. The molecule has 0 bridgehead atoms. The summed E-state index contributed by atoms with van der Waals surface area (Å²) in [6.45, 7) is 0. The van der Waals surface area contributed by atoms with Gasteiger partial charge in [-0.2, -0.15) is 0 Å². The van der Waals surface area contributed by atoms with E-state index >= 15 is 0 Å². The number of fused-ring (bicyclic) bond motifs is 1. The van der Waals surface area contributed by atoms with Crippen LogP contribution in [-0.2, 0) is 22.4 Å². The number of nitro benzene ring substituents is 1. The molecule has 1 radical (unpaired) electrons. The summed E-state index contributed by atoms with van der Waals surface area (Å²) in [5.74, 6) is 0. The van der Waals surface area contributed by atoms with E-state index in [1.165, 1.54) is 12.1 Å². The summed E-state index contributed by atoms with van der Waals surface area (Å²) in [6, 6.07) is 4.44. The van der Waals surface area contributed by atoms with Gasteiger partial charge < -0.3 is 4.98 Å². The van der Waals surface area contributed by atoms with Gasteiger partial charge in [0.15, 0.2) is 5.16 Å². The molecule has 77 valence electrons. The molecule has 2 aromatic rings. The number of rotatable bonds is 1. The molecule has 0 saturated carbocycles. The Bertz CT molecular complexity index is 485. The van der Waals surface area contributed by atoms with E-state index < -0.39 is 4.92 Å². The standard InChI is InChI=1S/C7H5N3O2S.Au/c11-10(12)4-1-2-5-6(3-4)9-7(13)8-5;/h1-3H,(H2,8,9,13);. The van der Waals surface area contributed by atoms with Crippen LogP contribution in [0.2, 0.25) is 0 Å². The van der Waals surface area contributed by atoms with Crippen molar-refractivity contribution in [3.63, 3.8) is 0 Å². The average Bonchev–Trinajstić information content (AvgIpc) is 2.42. The van der Waals surface area contributed by atoms with Crippen LogP contribution in [0.3, 0.4) is 0 Å². The van der Waals surface area contributed by atoms with Gasteiger partial charge in [0.05, 0.1) is 16.0 Å². The van der Waals surface area contributed by atoms with Crippen molar-refractivity contribution in [3.05, 3.63) is 28.3 Å². The van der Waals surface area contributed by atoms with Gasteiger partial charge in [-0.3, -0.25) is 10.1 Å². The Kier molecular flexibility index (Phi) is 3.33. The molecule has 1 heterocycles. The van der Waals surface area contributed by atoms with Crippen LogP contribution < -0.4 is 0 Å². The predicted molar refractivity (Wildman–Crippen MR) is 50.0 cm³/mol. The van der Waals surface area contributed by atoms with Gasteiger partial charge in [0.1, 0.15) is 0 Å². The molecule has 1 aromatic heterocycles. The van der Waals surface area contributed by atoms with Gasteiger partial charge in [-0.15, -0.1) is 12.6 Å². The Morgan fingerprint density at radius 3 is 2.86 bits per heavy atom. The number of hydrogen-bond acceptors (Lipinski definition) is 4. The quantitative estimate of drug-likeness (QED) is 0.336. The molecule has 2 rings (SSSR count). The van der Waals surface area contributed by atoms with Crippen molar-refractivity contribution in [2.24, 2.45) is 0 Å². The van der Waals surface area contributed by atoms with Crippen molar-refractivity contribution >= 4 is 29.3 Å². The molecule has 0 saturated heterocycles. The second-order valence-electron chi connectivity index (χ2n) is 2.52. The number of nitrogens with zero attached hydrogens (tertiary/aromatic N) is 2. The van der Waals surface area contributed by atoms with Crippen molar-refractivity contribution in [3.8, 4) is 0 Å². The number of H-pyrrole nitrogens is 1. The van der Waals surface area contributed by atoms with E-state index in [0.29, 0.717) is 10.7 Å². The third kappa shape index (κ3) is 1.98. The number of aromatic nitrogens is 2. The van der Waals surface area contributed by atoms with Crippen LogP contribution in [-0.4, -0.2) is 14.9 Å². The second-order valence-corrected chi connectivity index (χ2v) is 2.94. The van der Waals surface area contributed by atoms with Crippen LogP contribution >= 0.6 is 12.6 Å². The normalized spacial score (nSPS) is 9.79. The number of aromatic amines is 1. The summed E-state index contributed by atoms with van der Waals surface area (Å²) >= 11 is 3.99. The molecule has 1 N–H and O–H groups in total. The van der Waals surface area contributed by atoms with Crippen LogP contribution in [0.4, 0.5) is 5.69 Å². The van der Waals surface area contributed by atoms with E-state index in [1.807, 2.05) is 0 Å². The van der Waals surface area contributed by atoms with E-state index in [0.717, 1.165) is 5.52 Å². The Balaban J connectivity index is 0.000000980. The first-order valence-electron chi connectivity index (χ1n) is 3.50. The fraction of sp³-hybridized carbons (Fsp3) is 0. The number of nitro groups is 1. The Labute approximate surface area is 100.0 Å². The third-order valence-corrected chi connectivity index (χ3v) is 1.88. The van der Waals surface area contributed by atoms with Crippen molar-refractivity contribution in [2.45, 2.75) is 5.16 Å². The zero-order valence-electron chi connectivity index (χ0n) is 6.69. The summed E-state index contributed by atoms with van der Waals surface area (Å²) in [6.07, 6.45) is 0. The smallest absolute Gasteiger partial charge is 0.271 e. The molecular formula is C7H5AuN3O2S. The molecule has 0 aliphatic heterocycles. The summed E-state index contributed by atoms with van der Waals surface area (Å²) in [4.78, 5) is 16.8. The van der Waals surface area contributed by atoms with Gasteiger partial charge in [-0.1, -0.05) is 0 Å². The molecule has 14 heavy (non-hydrogen) atoms. The Hall–Kier alpha value is -0.820. The first-order chi connectivity index (χ1) is 6.16. The number of imidazole rings is 1. The van der Waals surface area contributed by atoms with Crippen LogP contribution in [0.15, 0.2) is 23.4 Å². The van der Waals surface area contributed by atoms with Crippen LogP contribution in [0.5, 0.6) is 0 Å². The topological polar surface area (TPSA) is 71.8 Å². The maximum Gasteiger partial charge on any atom is 0.271 e. The molecule has 0 aliphatic carbocycles. The maximum atomic E-state index is 10.4. The second kappa shape index (κ2) is 4.14. The van der Waals surface area contributed by atoms with Gasteiger partial charge in [0, 0.05) is 34.5 Å². The fourth-order valence-electron chi connectivity index (χ4n) is 1.09. The van der Waals surface area contributed by atoms with Gasteiger partial charge in [-0.05, 0) is 6.07 Å². The number of hydrogen-bond donors (Lipinski definition) is 2. The first kappa shape index (κ1) is 11.3. The van der Waals surface area contributed by atoms with Crippen molar-refractivity contribution < 1.29 is 27.3 Å². The summed E-state index contributed by atoms with van der Waals surface area (Å²) in [7, 11) is 0. The van der Waals surface area contributed by atoms with Crippen molar-refractivity contribution in [1.82, 2.24) is 9.97 Å². The van der Waals surface area contributed by atoms with E-state index in [2.05, 4.69) is 22.6 Å². The summed E-state index contributed by atoms with van der Waals surface area (Å²) in [5, 5.41) is 10.9. The number of thiol groups is 1. The minimum atomic E-state index is -0.452. The van der Waals surface area contributed by atoms with Crippen LogP contribution in [0, 0.1) is 10.1 Å². The molecule has 0 aliphatic rings. The molecule has 0 unspecified atom stereocenters. The first-order valence-corrected chi connectivity index (χ1v) is 3.94. The number of non-ortho nitro benzene ring substituents is 1. The minimum absolute atomic E-state index is 0.